The summed E-state index contributed by atoms with van der Waals surface area (Å²) in [4.78, 5) is 15.7. The lowest BCUT2D eigenvalue weighted by Gasteiger charge is -2.11. The summed E-state index contributed by atoms with van der Waals surface area (Å²) >= 11 is 0. The minimum Gasteiger partial charge on any atom is -0.354 e. The van der Waals surface area contributed by atoms with E-state index < -0.39 is 17.1 Å². The number of hydrogen-bond acceptors (Lipinski definition) is 1. The molecule has 5 aromatic rings. The molecule has 0 aliphatic carbocycles. The normalized spacial score (nSPS) is 11.4. The van der Waals surface area contributed by atoms with Crippen molar-refractivity contribution in [2.75, 3.05) is 0 Å². The molecule has 0 atom stereocenters. The lowest BCUT2D eigenvalue weighted by atomic mass is 10.0. The molecule has 0 saturated heterocycles. The standard InChI is InChI=1S/C24H16F2N2O/c1-14-23(27-20-13-17(25)12-19(26)22(20)24(14)29)16-6-8-18(9-7-16)28-11-10-15-4-2-3-5-21(15)28/h2-13H,1H3,(H,27,29). The molecule has 0 aliphatic rings. The average molecular weight is 386 g/mol. The van der Waals surface area contributed by atoms with Crippen LogP contribution in [0.4, 0.5) is 8.78 Å². The van der Waals surface area contributed by atoms with Crippen LogP contribution in [0.15, 0.2) is 77.7 Å². The molecule has 3 nitrogen and oxygen atoms in total. The maximum Gasteiger partial charge on any atom is 0.195 e. The largest absolute Gasteiger partial charge is 0.354 e. The van der Waals surface area contributed by atoms with Gasteiger partial charge in [-0.05, 0) is 48.2 Å². The summed E-state index contributed by atoms with van der Waals surface area (Å²) in [5.41, 5.74) is 3.50. The number of nitrogens with zero attached hydrogens (tertiary/aromatic N) is 1. The second-order valence-corrected chi connectivity index (χ2v) is 7.06. The number of benzene rings is 3. The molecular formula is C24H16F2N2O. The van der Waals surface area contributed by atoms with Gasteiger partial charge in [0.15, 0.2) is 5.43 Å². The monoisotopic (exact) mass is 386 g/mol. The summed E-state index contributed by atoms with van der Waals surface area (Å²) in [5, 5.41) is 1.03. The van der Waals surface area contributed by atoms with Gasteiger partial charge in [0.05, 0.1) is 22.1 Å². The number of rotatable bonds is 2. The SMILES string of the molecule is Cc1c(-c2ccc(-n3ccc4ccccc43)cc2)[nH]c2cc(F)cc(F)c2c1=O. The summed E-state index contributed by atoms with van der Waals surface area (Å²) in [6, 6.07) is 19.7. The molecule has 29 heavy (non-hydrogen) atoms. The number of H-pyrrole nitrogens is 1. The minimum absolute atomic E-state index is 0.122. The van der Waals surface area contributed by atoms with Crippen LogP contribution in [0, 0.1) is 18.6 Å². The fourth-order valence-electron chi connectivity index (χ4n) is 3.82. The maximum absolute atomic E-state index is 14.1. The number of para-hydroxylation sites is 1. The van der Waals surface area contributed by atoms with Gasteiger partial charge in [-0.25, -0.2) is 8.78 Å². The summed E-state index contributed by atoms with van der Waals surface area (Å²) in [6.45, 7) is 1.64. The molecule has 0 amide bonds. The molecule has 5 heteroatoms. The molecule has 0 spiro atoms. The highest BCUT2D eigenvalue weighted by atomic mass is 19.1. The number of aromatic amines is 1. The van der Waals surface area contributed by atoms with Gasteiger partial charge in [0, 0.05) is 23.5 Å². The van der Waals surface area contributed by atoms with Crippen molar-refractivity contribution < 1.29 is 8.78 Å². The van der Waals surface area contributed by atoms with E-state index in [0.717, 1.165) is 34.3 Å². The molecule has 5 rings (SSSR count). The molecule has 0 saturated carbocycles. The summed E-state index contributed by atoms with van der Waals surface area (Å²) in [7, 11) is 0. The van der Waals surface area contributed by atoms with Crippen molar-refractivity contribution in [3.8, 4) is 16.9 Å². The van der Waals surface area contributed by atoms with Crippen LogP contribution >= 0.6 is 0 Å². The van der Waals surface area contributed by atoms with Crippen LogP contribution in [0.3, 0.4) is 0 Å². The summed E-state index contributed by atoms with van der Waals surface area (Å²) < 4.78 is 29.8. The molecule has 3 aromatic carbocycles. The van der Waals surface area contributed by atoms with Crippen LogP contribution in [-0.2, 0) is 0 Å². The number of aromatic nitrogens is 2. The zero-order chi connectivity index (χ0) is 20.1. The van der Waals surface area contributed by atoms with Crippen molar-refractivity contribution in [1.29, 1.82) is 0 Å². The number of hydrogen-bond donors (Lipinski definition) is 1. The van der Waals surface area contributed by atoms with E-state index in [9.17, 15) is 13.6 Å². The lowest BCUT2D eigenvalue weighted by Crippen LogP contribution is -2.11. The van der Waals surface area contributed by atoms with Crippen molar-refractivity contribution >= 4 is 21.8 Å². The molecule has 0 radical (unpaired) electrons. The predicted molar refractivity (Wildman–Crippen MR) is 111 cm³/mol. The maximum atomic E-state index is 14.1. The molecule has 0 aliphatic heterocycles. The van der Waals surface area contributed by atoms with Crippen LogP contribution in [-0.4, -0.2) is 9.55 Å². The molecule has 142 valence electrons. The van der Waals surface area contributed by atoms with E-state index in [1.165, 1.54) is 0 Å². The van der Waals surface area contributed by atoms with Crippen molar-refractivity contribution in [3.63, 3.8) is 0 Å². The molecule has 0 bridgehead atoms. The van der Waals surface area contributed by atoms with E-state index >= 15 is 0 Å². The lowest BCUT2D eigenvalue weighted by molar-refractivity contribution is 0.591. The highest BCUT2D eigenvalue weighted by molar-refractivity contribution is 5.84. The average Bonchev–Trinajstić information content (AvgIpc) is 3.14. The Labute approximate surface area is 164 Å². The third-order valence-corrected chi connectivity index (χ3v) is 5.29. The first-order valence-electron chi connectivity index (χ1n) is 9.21. The van der Waals surface area contributed by atoms with Gasteiger partial charge in [0.1, 0.15) is 11.6 Å². The topological polar surface area (TPSA) is 37.8 Å². The second kappa shape index (κ2) is 6.41. The Kier molecular flexibility index (Phi) is 3.84. The molecule has 2 heterocycles. The zero-order valence-electron chi connectivity index (χ0n) is 15.5. The van der Waals surface area contributed by atoms with Gasteiger partial charge in [-0.1, -0.05) is 30.3 Å². The van der Waals surface area contributed by atoms with Gasteiger partial charge >= 0.3 is 0 Å². The molecule has 2 aromatic heterocycles. The molecule has 0 unspecified atom stereocenters. The van der Waals surface area contributed by atoms with Crippen molar-refractivity contribution in [2.24, 2.45) is 0 Å². The number of pyridine rings is 1. The van der Waals surface area contributed by atoms with Crippen LogP contribution in [0.2, 0.25) is 0 Å². The minimum atomic E-state index is -0.856. The third-order valence-electron chi connectivity index (χ3n) is 5.29. The first-order valence-corrected chi connectivity index (χ1v) is 9.21. The van der Waals surface area contributed by atoms with Crippen LogP contribution in [0.1, 0.15) is 5.56 Å². The highest BCUT2D eigenvalue weighted by Crippen LogP contribution is 2.26. The fourth-order valence-corrected chi connectivity index (χ4v) is 3.82. The van der Waals surface area contributed by atoms with Gasteiger partial charge in [-0.3, -0.25) is 4.79 Å². The third kappa shape index (κ3) is 2.74. The summed E-state index contributed by atoms with van der Waals surface area (Å²) in [5.74, 6) is -1.58. The Morgan fingerprint density at radius 2 is 1.69 bits per heavy atom. The zero-order valence-corrected chi connectivity index (χ0v) is 15.5. The Bertz CT molecular complexity index is 1450. The molecule has 0 fully saturated rings. The van der Waals surface area contributed by atoms with Crippen LogP contribution in [0.5, 0.6) is 0 Å². The Balaban J connectivity index is 1.64. The van der Waals surface area contributed by atoms with E-state index in [1.807, 2.05) is 42.6 Å². The number of nitrogens with one attached hydrogen (secondary N) is 1. The number of halogens is 2. The first-order chi connectivity index (χ1) is 14.0. The van der Waals surface area contributed by atoms with E-state index in [4.69, 9.17) is 0 Å². The number of fused-ring (bicyclic) bond motifs is 2. The molecule has 1 N–H and O–H groups in total. The highest BCUT2D eigenvalue weighted by Gasteiger charge is 2.15. The Morgan fingerprint density at radius 1 is 0.931 bits per heavy atom. The van der Waals surface area contributed by atoms with E-state index in [1.54, 1.807) is 6.92 Å². The van der Waals surface area contributed by atoms with Crippen LogP contribution < -0.4 is 5.43 Å². The van der Waals surface area contributed by atoms with Gasteiger partial charge < -0.3 is 9.55 Å². The van der Waals surface area contributed by atoms with E-state index in [-0.39, 0.29) is 10.9 Å². The van der Waals surface area contributed by atoms with Gasteiger partial charge in [-0.2, -0.15) is 0 Å². The van der Waals surface area contributed by atoms with Gasteiger partial charge in [-0.15, -0.1) is 0 Å². The molecular weight excluding hydrogens is 370 g/mol. The predicted octanol–water partition coefficient (Wildman–Crippen LogP) is 5.73. The van der Waals surface area contributed by atoms with E-state index in [2.05, 4.69) is 27.8 Å². The van der Waals surface area contributed by atoms with Gasteiger partial charge in [0.25, 0.3) is 0 Å². The Morgan fingerprint density at radius 3 is 2.48 bits per heavy atom. The quantitative estimate of drug-likeness (QED) is 0.414. The van der Waals surface area contributed by atoms with E-state index in [0.29, 0.717) is 11.3 Å². The van der Waals surface area contributed by atoms with Gasteiger partial charge in [0.2, 0.25) is 0 Å². The van der Waals surface area contributed by atoms with Crippen molar-refractivity contribution in [2.45, 2.75) is 6.92 Å². The fraction of sp³-hybridized carbons (Fsp3) is 0.0417. The van der Waals surface area contributed by atoms with Crippen LogP contribution in [0.25, 0.3) is 38.8 Å². The second-order valence-electron chi connectivity index (χ2n) is 7.06. The summed E-state index contributed by atoms with van der Waals surface area (Å²) in [6.07, 6.45) is 2.01. The van der Waals surface area contributed by atoms with Crippen molar-refractivity contribution in [1.82, 2.24) is 9.55 Å². The smallest absolute Gasteiger partial charge is 0.195 e. The first kappa shape index (κ1) is 17.4. The van der Waals surface area contributed by atoms with Crippen molar-refractivity contribution in [3.05, 3.63) is 100 Å². The Hall–Kier alpha value is -3.73.